The van der Waals surface area contributed by atoms with Crippen LogP contribution in [0.4, 0.5) is 4.39 Å². The standard InChI is InChI=1S/C18H13FN2O3/c19-13-2-3-14-15(8-13)20-10-21(18(14)23)9-16(22)11-1-4-17-12(7-11)5-6-24-17/h1-4,7-8,10H,5-6,9H2. The van der Waals surface area contributed by atoms with Crippen molar-refractivity contribution < 1.29 is 13.9 Å². The van der Waals surface area contributed by atoms with Crippen molar-refractivity contribution in [3.05, 3.63) is 70.0 Å². The molecule has 2 heterocycles. The van der Waals surface area contributed by atoms with Gasteiger partial charge in [0.15, 0.2) is 5.78 Å². The number of nitrogens with zero attached hydrogens (tertiary/aromatic N) is 2. The minimum atomic E-state index is -0.455. The molecule has 0 unspecified atom stereocenters. The highest BCUT2D eigenvalue weighted by atomic mass is 19.1. The molecular formula is C18H13FN2O3. The molecule has 0 aliphatic carbocycles. The fraction of sp³-hybridized carbons (Fsp3) is 0.167. The average molecular weight is 324 g/mol. The van der Waals surface area contributed by atoms with Gasteiger partial charge in [-0.25, -0.2) is 9.37 Å². The second-order valence-corrected chi connectivity index (χ2v) is 5.68. The first-order chi connectivity index (χ1) is 11.6. The summed E-state index contributed by atoms with van der Waals surface area (Å²) in [5.74, 6) is 0.164. The molecule has 120 valence electrons. The molecule has 0 atom stereocenters. The molecule has 0 saturated heterocycles. The maximum atomic E-state index is 13.2. The SMILES string of the molecule is O=C(Cn1cnc2cc(F)ccc2c1=O)c1ccc2c(c1)CCO2. The Labute approximate surface area is 136 Å². The lowest BCUT2D eigenvalue weighted by molar-refractivity contribution is 0.0970. The van der Waals surface area contributed by atoms with Crippen LogP contribution in [0.1, 0.15) is 15.9 Å². The van der Waals surface area contributed by atoms with E-state index in [0.29, 0.717) is 12.2 Å². The van der Waals surface area contributed by atoms with E-state index >= 15 is 0 Å². The van der Waals surface area contributed by atoms with Gasteiger partial charge < -0.3 is 4.74 Å². The minimum absolute atomic E-state index is 0.112. The van der Waals surface area contributed by atoms with Crippen LogP contribution in [0, 0.1) is 5.82 Å². The number of Topliss-reactive ketones (excluding diaryl/α,β-unsaturated/α-hetero) is 1. The molecule has 0 fully saturated rings. The van der Waals surface area contributed by atoms with Crippen molar-refractivity contribution in [1.29, 1.82) is 0 Å². The maximum absolute atomic E-state index is 13.2. The van der Waals surface area contributed by atoms with E-state index in [9.17, 15) is 14.0 Å². The van der Waals surface area contributed by atoms with Crippen LogP contribution in [-0.4, -0.2) is 21.9 Å². The normalized spacial score (nSPS) is 12.9. The van der Waals surface area contributed by atoms with Crippen LogP contribution in [-0.2, 0) is 13.0 Å². The van der Waals surface area contributed by atoms with Gasteiger partial charge in [-0.05, 0) is 35.9 Å². The molecule has 0 radical (unpaired) electrons. The second-order valence-electron chi connectivity index (χ2n) is 5.68. The molecule has 0 amide bonds. The predicted octanol–water partition coefficient (Wildman–Crippen LogP) is 2.35. The number of carbonyl (C=O) groups excluding carboxylic acids is 1. The summed E-state index contributed by atoms with van der Waals surface area (Å²) in [7, 11) is 0. The Morgan fingerprint density at radius 1 is 1.25 bits per heavy atom. The van der Waals surface area contributed by atoms with Gasteiger partial charge in [-0.1, -0.05) is 0 Å². The van der Waals surface area contributed by atoms with Crippen LogP contribution in [0.3, 0.4) is 0 Å². The quantitative estimate of drug-likeness (QED) is 0.694. The summed E-state index contributed by atoms with van der Waals surface area (Å²) in [6.45, 7) is 0.510. The van der Waals surface area contributed by atoms with Crippen LogP contribution >= 0.6 is 0 Å². The van der Waals surface area contributed by atoms with E-state index in [4.69, 9.17) is 4.74 Å². The number of ether oxygens (including phenoxy) is 1. The van der Waals surface area contributed by atoms with Crippen LogP contribution in [0.5, 0.6) is 5.75 Å². The Balaban J connectivity index is 1.66. The first-order valence-corrected chi connectivity index (χ1v) is 7.55. The van der Waals surface area contributed by atoms with Crippen LogP contribution in [0.15, 0.2) is 47.5 Å². The molecule has 0 spiro atoms. The lowest BCUT2D eigenvalue weighted by atomic mass is 10.1. The maximum Gasteiger partial charge on any atom is 0.261 e. The van der Waals surface area contributed by atoms with Crippen molar-refractivity contribution in [2.45, 2.75) is 13.0 Å². The molecule has 1 aliphatic heterocycles. The van der Waals surface area contributed by atoms with Crippen molar-refractivity contribution in [3.8, 4) is 5.75 Å². The monoisotopic (exact) mass is 324 g/mol. The van der Waals surface area contributed by atoms with Crippen molar-refractivity contribution in [2.24, 2.45) is 0 Å². The molecule has 0 saturated carbocycles. The van der Waals surface area contributed by atoms with Gasteiger partial charge in [0, 0.05) is 18.1 Å². The molecule has 1 aromatic heterocycles. The van der Waals surface area contributed by atoms with Crippen LogP contribution < -0.4 is 10.3 Å². The number of carbonyl (C=O) groups is 1. The fourth-order valence-corrected chi connectivity index (χ4v) is 2.85. The Kier molecular flexibility index (Phi) is 3.37. The van der Waals surface area contributed by atoms with Gasteiger partial charge >= 0.3 is 0 Å². The number of ketones is 1. The summed E-state index contributed by atoms with van der Waals surface area (Å²) in [5.41, 5.74) is 1.45. The Morgan fingerprint density at radius 3 is 3.00 bits per heavy atom. The lowest BCUT2D eigenvalue weighted by Gasteiger charge is -2.07. The number of rotatable bonds is 3. The van der Waals surface area contributed by atoms with Crippen LogP contribution in [0.2, 0.25) is 0 Å². The van der Waals surface area contributed by atoms with E-state index in [2.05, 4.69) is 4.98 Å². The van der Waals surface area contributed by atoms with Crippen molar-refractivity contribution in [2.75, 3.05) is 6.61 Å². The largest absolute Gasteiger partial charge is 0.493 e. The first-order valence-electron chi connectivity index (χ1n) is 7.55. The first kappa shape index (κ1) is 14.6. The van der Waals surface area contributed by atoms with Crippen molar-refractivity contribution in [3.63, 3.8) is 0 Å². The van der Waals surface area contributed by atoms with Gasteiger partial charge in [-0.2, -0.15) is 0 Å². The summed E-state index contributed by atoms with van der Waals surface area (Å²) in [6.07, 6.45) is 2.05. The van der Waals surface area contributed by atoms with E-state index in [1.165, 1.54) is 29.1 Å². The molecule has 3 aromatic rings. The highest BCUT2D eigenvalue weighted by molar-refractivity contribution is 5.96. The number of benzene rings is 2. The second kappa shape index (κ2) is 5.56. The molecule has 0 N–H and O–H groups in total. The minimum Gasteiger partial charge on any atom is -0.493 e. The molecule has 5 nitrogen and oxygen atoms in total. The molecule has 24 heavy (non-hydrogen) atoms. The third kappa shape index (κ3) is 2.46. The van der Waals surface area contributed by atoms with E-state index in [-0.39, 0.29) is 28.8 Å². The van der Waals surface area contributed by atoms with Crippen LogP contribution in [0.25, 0.3) is 10.9 Å². The van der Waals surface area contributed by atoms with Crippen molar-refractivity contribution >= 4 is 16.7 Å². The molecule has 1 aliphatic rings. The summed E-state index contributed by atoms with van der Waals surface area (Å²) in [4.78, 5) is 28.9. The van der Waals surface area contributed by atoms with E-state index in [0.717, 1.165) is 17.7 Å². The Hall–Kier alpha value is -3.02. The van der Waals surface area contributed by atoms with E-state index in [1.54, 1.807) is 18.2 Å². The molecular weight excluding hydrogens is 311 g/mol. The summed E-state index contributed by atoms with van der Waals surface area (Å²) < 4.78 is 19.9. The highest BCUT2D eigenvalue weighted by Gasteiger charge is 2.16. The van der Waals surface area contributed by atoms with E-state index < -0.39 is 5.82 Å². The number of hydrogen-bond donors (Lipinski definition) is 0. The third-order valence-corrected chi connectivity index (χ3v) is 4.11. The van der Waals surface area contributed by atoms with Gasteiger partial charge in [-0.3, -0.25) is 14.2 Å². The van der Waals surface area contributed by atoms with E-state index in [1.807, 2.05) is 0 Å². The van der Waals surface area contributed by atoms with Gasteiger partial charge in [0.2, 0.25) is 0 Å². The number of aromatic nitrogens is 2. The molecule has 4 rings (SSSR count). The zero-order chi connectivity index (χ0) is 16.7. The number of hydrogen-bond acceptors (Lipinski definition) is 4. The Bertz CT molecular complexity index is 1030. The summed E-state index contributed by atoms with van der Waals surface area (Å²) >= 11 is 0. The Morgan fingerprint density at radius 2 is 2.12 bits per heavy atom. The number of halogens is 1. The fourth-order valence-electron chi connectivity index (χ4n) is 2.85. The zero-order valence-electron chi connectivity index (χ0n) is 12.7. The van der Waals surface area contributed by atoms with Crippen molar-refractivity contribution in [1.82, 2.24) is 9.55 Å². The molecule has 2 aromatic carbocycles. The van der Waals surface area contributed by atoms with Gasteiger partial charge in [0.25, 0.3) is 5.56 Å². The topological polar surface area (TPSA) is 61.2 Å². The predicted molar refractivity (Wildman–Crippen MR) is 85.9 cm³/mol. The number of fused-ring (bicyclic) bond motifs is 2. The van der Waals surface area contributed by atoms with Gasteiger partial charge in [-0.15, -0.1) is 0 Å². The van der Waals surface area contributed by atoms with Gasteiger partial charge in [0.1, 0.15) is 11.6 Å². The zero-order valence-corrected chi connectivity index (χ0v) is 12.7. The molecule has 0 bridgehead atoms. The molecule has 6 heteroatoms. The lowest BCUT2D eigenvalue weighted by Crippen LogP contribution is -2.24. The summed E-state index contributed by atoms with van der Waals surface area (Å²) in [5, 5.41) is 0.286. The van der Waals surface area contributed by atoms with Gasteiger partial charge in [0.05, 0.1) is 30.4 Å². The highest BCUT2D eigenvalue weighted by Crippen LogP contribution is 2.26. The smallest absolute Gasteiger partial charge is 0.261 e. The average Bonchev–Trinajstić information content (AvgIpc) is 3.05. The summed E-state index contributed by atoms with van der Waals surface area (Å²) in [6, 6.07) is 9.07. The third-order valence-electron chi connectivity index (χ3n) is 4.11.